The molecule has 3 nitrogen and oxygen atoms in total. The van der Waals surface area contributed by atoms with E-state index >= 15 is 0 Å². The molecule has 0 atom stereocenters. The summed E-state index contributed by atoms with van der Waals surface area (Å²) in [5.74, 6) is 0.767. The molecule has 134 valence electrons. The van der Waals surface area contributed by atoms with Gasteiger partial charge in [0.05, 0.1) is 11.4 Å². The molecule has 1 amide bonds. The molecule has 0 aliphatic heterocycles. The van der Waals surface area contributed by atoms with E-state index in [2.05, 4.69) is 50.2 Å². The zero-order valence-electron chi connectivity index (χ0n) is 15.2. The molecule has 0 spiro atoms. The van der Waals surface area contributed by atoms with Crippen LogP contribution in [0.25, 0.3) is 0 Å². The molecule has 0 unspecified atom stereocenters. The van der Waals surface area contributed by atoms with Gasteiger partial charge in [-0.25, -0.2) is 4.98 Å². The molecule has 3 rings (SSSR count). The summed E-state index contributed by atoms with van der Waals surface area (Å²) in [6.07, 6.45) is 0.984. The van der Waals surface area contributed by atoms with E-state index in [1.807, 2.05) is 17.5 Å². The molecule has 0 bridgehead atoms. The van der Waals surface area contributed by atoms with Gasteiger partial charge in [-0.3, -0.25) is 9.69 Å². The minimum atomic E-state index is -0.0262. The number of amides is 1. The van der Waals surface area contributed by atoms with Crippen molar-refractivity contribution >= 4 is 39.8 Å². The molecule has 3 aromatic rings. The van der Waals surface area contributed by atoms with Gasteiger partial charge in [0, 0.05) is 23.0 Å². The molecule has 5 heteroatoms. The number of thiazole rings is 1. The lowest BCUT2D eigenvalue weighted by Gasteiger charge is -2.18. The van der Waals surface area contributed by atoms with Crippen molar-refractivity contribution in [2.45, 2.75) is 37.8 Å². The van der Waals surface area contributed by atoms with Crippen LogP contribution in [-0.2, 0) is 17.0 Å². The van der Waals surface area contributed by atoms with E-state index < -0.39 is 0 Å². The van der Waals surface area contributed by atoms with Gasteiger partial charge >= 0.3 is 0 Å². The second kappa shape index (κ2) is 8.52. The largest absolute Gasteiger partial charge is 0.274 e. The molecule has 26 heavy (non-hydrogen) atoms. The van der Waals surface area contributed by atoms with Crippen molar-refractivity contribution in [3.05, 3.63) is 70.7 Å². The van der Waals surface area contributed by atoms with E-state index in [4.69, 9.17) is 4.98 Å². The number of anilines is 2. The fourth-order valence-electron chi connectivity index (χ4n) is 2.64. The highest BCUT2D eigenvalue weighted by atomic mass is 32.2. The number of hydrogen-bond donors (Lipinski definition) is 0. The van der Waals surface area contributed by atoms with Crippen LogP contribution in [0.3, 0.4) is 0 Å². The van der Waals surface area contributed by atoms with Crippen LogP contribution in [0.4, 0.5) is 10.8 Å². The Kier molecular flexibility index (Phi) is 6.12. The van der Waals surface area contributed by atoms with Gasteiger partial charge in [-0.05, 0) is 42.7 Å². The number of hydrogen-bond acceptors (Lipinski definition) is 4. The van der Waals surface area contributed by atoms with Crippen LogP contribution in [0.5, 0.6) is 0 Å². The van der Waals surface area contributed by atoms with Crippen molar-refractivity contribution in [2.24, 2.45) is 0 Å². The van der Waals surface area contributed by atoms with Gasteiger partial charge in [0.1, 0.15) is 0 Å². The summed E-state index contributed by atoms with van der Waals surface area (Å²) in [4.78, 5) is 19.9. The van der Waals surface area contributed by atoms with E-state index in [0.717, 1.165) is 28.7 Å². The number of carbonyl (C=O) groups excluding carboxylic acids is 1. The maximum Gasteiger partial charge on any atom is 0.230 e. The van der Waals surface area contributed by atoms with Gasteiger partial charge in [-0.2, -0.15) is 0 Å². The van der Waals surface area contributed by atoms with E-state index in [9.17, 15) is 4.79 Å². The maximum absolute atomic E-state index is 12.2. The monoisotopic (exact) mass is 382 g/mol. The van der Waals surface area contributed by atoms with Crippen molar-refractivity contribution in [1.82, 2.24) is 4.98 Å². The first-order valence-electron chi connectivity index (χ1n) is 8.61. The van der Waals surface area contributed by atoms with Crippen molar-refractivity contribution in [1.29, 1.82) is 0 Å². The van der Waals surface area contributed by atoms with E-state index in [1.54, 1.807) is 23.6 Å². The molecule has 0 aliphatic carbocycles. The lowest BCUT2D eigenvalue weighted by Crippen LogP contribution is -2.22. The van der Waals surface area contributed by atoms with Crippen molar-refractivity contribution in [3.63, 3.8) is 0 Å². The zero-order valence-corrected chi connectivity index (χ0v) is 16.9. The minimum Gasteiger partial charge on any atom is -0.274 e. The second-order valence-corrected chi connectivity index (χ2v) is 7.90. The third-order valence-electron chi connectivity index (χ3n) is 4.12. The average Bonchev–Trinajstić information content (AvgIpc) is 3.10. The number of carbonyl (C=O) groups is 1. The Balaban J connectivity index is 1.77. The number of aromatic nitrogens is 1. The third-order valence-corrected chi connectivity index (χ3v) is 6.20. The normalized spacial score (nSPS) is 10.7. The Morgan fingerprint density at radius 2 is 1.88 bits per heavy atom. The summed E-state index contributed by atoms with van der Waals surface area (Å²) in [5, 5.41) is 2.76. The molecule has 1 heterocycles. The summed E-state index contributed by atoms with van der Waals surface area (Å²) in [7, 11) is 0. The van der Waals surface area contributed by atoms with Gasteiger partial charge < -0.3 is 0 Å². The van der Waals surface area contributed by atoms with Crippen LogP contribution in [0.15, 0.2) is 58.8 Å². The highest BCUT2D eigenvalue weighted by molar-refractivity contribution is 7.98. The lowest BCUT2D eigenvalue weighted by molar-refractivity contribution is -0.115. The van der Waals surface area contributed by atoms with Gasteiger partial charge in [0.15, 0.2) is 5.13 Å². The Bertz CT molecular complexity index is 887. The van der Waals surface area contributed by atoms with Crippen molar-refractivity contribution < 1.29 is 4.79 Å². The highest BCUT2D eigenvalue weighted by Crippen LogP contribution is 2.32. The summed E-state index contributed by atoms with van der Waals surface area (Å²) in [5.41, 5.74) is 4.39. The Hall–Kier alpha value is -2.11. The first-order valence-corrected chi connectivity index (χ1v) is 10.5. The molecular weight excluding hydrogens is 360 g/mol. The summed E-state index contributed by atoms with van der Waals surface area (Å²) in [6, 6.07) is 16.5. The maximum atomic E-state index is 12.2. The first kappa shape index (κ1) is 18.7. The summed E-state index contributed by atoms with van der Waals surface area (Å²) < 4.78 is 0. The molecule has 0 fully saturated rings. The fourth-order valence-corrected chi connectivity index (χ4v) is 4.56. The third kappa shape index (κ3) is 4.34. The fraction of sp³-hybridized carbons (Fsp3) is 0.238. The Morgan fingerprint density at radius 1 is 1.15 bits per heavy atom. The van der Waals surface area contributed by atoms with E-state index in [-0.39, 0.29) is 5.91 Å². The quantitative estimate of drug-likeness (QED) is 0.491. The Labute approximate surface area is 163 Å². The van der Waals surface area contributed by atoms with Crippen LogP contribution in [0.1, 0.15) is 30.7 Å². The van der Waals surface area contributed by atoms with Crippen LogP contribution >= 0.6 is 23.1 Å². The summed E-state index contributed by atoms with van der Waals surface area (Å²) >= 11 is 3.29. The molecule has 0 N–H and O–H groups in total. The second-order valence-electron chi connectivity index (χ2n) is 6.05. The molecule has 0 radical (unpaired) electrons. The van der Waals surface area contributed by atoms with Crippen LogP contribution in [0, 0.1) is 6.92 Å². The Morgan fingerprint density at radius 3 is 2.54 bits per heavy atom. The van der Waals surface area contributed by atoms with Gasteiger partial charge in [0.2, 0.25) is 5.91 Å². The van der Waals surface area contributed by atoms with Crippen LogP contribution in [-0.4, -0.2) is 10.9 Å². The number of thioether (sulfide) groups is 1. The number of rotatable bonds is 6. The number of aryl methyl sites for hydroxylation is 2. The molecule has 0 aliphatic rings. The molecular formula is C21H22N2OS2. The highest BCUT2D eigenvalue weighted by Gasteiger charge is 2.18. The minimum absolute atomic E-state index is 0.0262. The van der Waals surface area contributed by atoms with Gasteiger partial charge in [-0.15, -0.1) is 23.1 Å². The average molecular weight is 383 g/mol. The predicted molar refractivity (Wildman–Crippen MR) is 111 cm³/mol. The smallest absolute Gasteiger partial charge is 0.230 e. The lowest BCUT2D eigenvalue weighted by atomic mass is 10.1. The summed E-state index contributed by atoms with van der Waals surface area (Å²) in [6.45, 7) is 5.82. The van der Waals surface area contributed by atoms with E-state index in [0.29, 0.717) is 0 Å². The van der Waals surface area contributed by atoms with Gasteiger partial charge in [0.25, 0.3) is 0 Å². The molecule has 1 aromatic heterocycles. The van der Waals surface area contributed by atoms with Crippen LogP contribution in [0.2, 0.25) is 0 Å². The standard InChI is InChI=1S/C21H22N2OS2/c1-4-17-9-11-19(12-10-17)23(16(3)24)21-22-18(14-26-21)13-25-20-8-6-5-7-15(20)2/h5-12,14H,4,13H2,1-3H3. The predicted octanol–water partition coefficient (Wildman–Crippen LogP) is 5.99. The molecule has 0 saturated heterocycles. The number of benzene rings is 2. The SMILES string of the molecule is CCc1ccc(N(C(C)=O)c2nc(CSc3ccccc3C)cs2)cc1. The van der Waals surface area contributed by atoms with Crippen LogP contribution < -0.4 is 4.90 Å². The molecule has 0 saturated carbocycles. The van der Waals surface area contributed by atoms with Crippen molar-refractivity contribution in [2.75, 3.05) is 4.90 Å². The van der Waals surface area contributed by atoms with Gasteiger partial charge in [-0.1, -0.05) is 37.3 Å². The topological polar surface area (TPSA) is 33.2 Å². The van der Waals surface area contributed by atoms with Crippen molar-refractivity contribution in [3.8, 4) is 0 Å². The number of nitrogens with zero attached hydrogens (tertiary/aromatic N) is 2. The molecule has 2 aromatic carbocycles. The first-order chi connectivity index (χ1) is 12.6. The zero-order chi connectivity index (χ0) is 18.5. The van der Waals surface area contributed by atoms with E-state index in [1.165, 1.54) is 27.4 Å².